The highest BCUT2D eigenvalue weighted by Crippen LogP contribution is 2.40. The molecule has 1 fully saturated rings. The summed E-state index contributed by atoms with van der Waals surface area (Å²) in [5.74, 6) is 2.28. The second-order valence-corrected chi connectivity index (χ2v) is 7.09. The van der Waals surface area contributed by atoms with Crippen LogP contribution < -0.4 is 4.74 Å². The van der Waals surface area contributed by atoms with Crippen LogP contribution >= 0.6 is 11.8 Å². The number of amides is 1. The second kappa shape index (κ2) is 7.33. The van der Waals surface area contributed by atoms with Gasteiger partial charge in [0.25, 0.3) is 0 Å². The SMILES string of the molecule is CCOc1ccccc1-n1ccc([C@H]2SCC(=O)N2Cc2ccco2)c1. The lowest BCUT2D eigenvalue weighted by molar-refractivity contribution is -0.128. The van der Waals surface area contributed by atoms with Crippen molar-refractivity contribution < 1.29 is 13.9 Å². The van der Waals surface area contributed by atoms with Crippen LogP contribution in [-0.4, -0.2) is 27.7 Å². The van der Waals surface area contributed by atoms with Gasteiger partial charge < -0.3 is 18.6 Å². The maximum absolute atomic E-state index is 12.3. The lowest BCUT2D eigenvalue weighted by Crippen LogP contribution is -2.27. The van der Waals surface area contributed by atoms with Crippen molar-refractivity contribution in [1.82, 2.24) is 9.47 Å². The van der Waals surface area contributed by atoms with Crippen molar-refractivity contribution in [2.75, 3.05) is 12.4 Å². The normalized spacial score (nSPS) is 17.0. The zero-order valence-electron chi connectivity index (χ0n) is 14.5. The average molecular weight is 368 g/mol. The zero-order chi connectivity index (χ0) is 17.9. The van der Waals surface area contributed by atoms with Gasteiger partial charge in [-0.1, -0.05) is 12.1 Å². The van der Waals surface area contributed by atoms with Gasteiger partial charge in [-0.2, -0.15) is 0 Å². The number of rotatable bonds is 6. The van der Waals surface area contributed by atoms with Gasteiger partial charge in [-0.15, -0.1) is 11.8 Å². The molecule has 1 aliphatic rings. The average Bonchev–Trinajstić information content (AvgIpc) is 3.39. The predicted octanol–water partition coefficient (Wildman–Crippen LogP) is 4.24. The third kappa shape index (κ3) is 3.24. The fourth-order valence-corrected chi connectivity index (χ4v) is 4.30. The maximum Gasteiger partial charge on any atom is 0.234 e. The minimum atomic E-state index is -0.00638. The number of hydrogen-bond donors (Lipinski definition) is 0. The number of carbonyl (C=O) groups is 1. The first-order valence-electron chi connectivity index (χ1n) is 8.60. The highest BCUT2D eigenvalue weighted by molar-refractivity contribution is 8.00. The quantitative estimate of drug-likeness (QED) is 0.653. The van der Waals surface area contributed by atoms with Crippen LogP contribution in [0.2, 0.25) is 0 Å². The Kier molecular flexibility index (Phi) is 4.75. The van der Waals surface area contributed by atoms with E-state index in [1.807, 2.05) is 54.4 Å². The summed E-state index contributed by atoms with van der Waals surface area (Å²) >= 11 is 1.65. The fraction of sp³-hybridized carbons (Fsp3) is 0.250. The third-order valence-electron chi connectivity index (χ3n) is 4.32. The highest BCUT2D eigenvalue weighted by atomic mass is 32.2. The molecule has 1 aromatic carbocycles. The second-order valence-electron chi connectivity index (χ2n) is 6.02. The van der Waals surface area contributed by atoms with E-state index >= 15 is 0 Å². The Labute approximate surface area is 156 Å². The Bertz CT molecular complexity index is 888. The number of thioether (sulfide) groups is 1. The van der Waals surface area contributed by atoms with Crippen molar-refractivity contribution in [3.63, 3.8) is 0 Å². The van der Waals surface area contributed by atoms with Crippen molar-refractivity contribution >= 4 is 17.7 Å². The highest BCUT2D eigenvalue weighted by Gasteiger charge is 2.33. The van der Waals surface area contributed by atoms with Crippen molar-refractivity contribution in [3.05, 3.63) is 72.4 Å². The Balaban J connectivity index is 1.60. The van der Waals surface area contributed by atoms with Crippen LogP contribution in [0.4, 0.5) is 0 Å². The van der Waals surface area contributed by atoms with Crippen molar-refractivity contribution in [2.45, 2.75) is 18.8 Å². The molecule has 0 unspecified atom stereocenters. The molecule has 134 valence electrons. The van der Waals surface area contributed by atoms with Gasteiger partial charge in [0.2, 0.25) is 5.91 Å². The lowest BCUT2D eigenvalue weighted by Gasteiger charge is -2.22. The first-order chi connectivity index (χ1) is 12.8. The number of carbonyl (C=O) groups excluding carboxylic acids is 1. The van der Waals surface area contributed by atoms with E-state index in [0.29, 0.717) is 18.9 Å². The van der Waals surface area contributed by atoms with Gasteiger partial charge in [0, 0.05) is 18.0 Å². The molecular formula is C20H20N2O3S. The molecule has 0 saturated carbocycles. The number of nitrogens with zero attached hydrogens (tertiary/aromatic N) is 2. The molecule has 3 aromatic rings. The van der Waals surface area contributed by atoms with Crippen LogP contribution in [0, 0.1) is 0 Å². The van der Waals surface area contributed by atoms with Crippen LogP contribution in [0.15, 0.2) is 65.5 Å². The number of aromatic nitrogens is 1. The van der Waals surface area contributed by atoms with Gasteiger partial charge in [-0.3, -0.25) is 4.79 Å². The summed E-state index contributed by atoms with van der Waals surface area (Å²) in [6, 6.07) is 13.8. The summed E-state index contributed by atoms with van der Waals surface area (Å²) in [5, 5.41) is -0.00638. The smallest absolute Gasteiger partial charge is 0.234 e. The largest absolute Gasteiger partial charge is 0.492 e. The van der Waals surface area contributed by atoms with E-state index in [-0.39, 0.29) is 11.3 Å². The van der Waals surface area contributed by atoms with E-state index in [4.69, 9.17) is 9.15 Å². The molecule has 26 heavy (non-hydrogen) atoms. The fourth-order valence-electron chi connectivity index (χ4n) is 3.13. The number of para-hydroxylation sites is 2. The summed E-state index contributed by atoms with van der Waals surface area (Å²) in [4.78, 5) is 14.2. The molecule has 1 aliphatic heterocycles. The van der Waals surface area contributed by atoms with E-state index in [9.17, 15) is 4.79 Å². The first-order valence-corrected chi connectivity index (χ1v) is 9.64. The van der Waals surface area contributed by atoms with E-state index in [2.05, 4.69) is 16.8 Å². The van der Waals surface area contributed by atoms with Crippen molar-refractivity contribution in [1.29, 1.82) is 0 Å². The molecule has 0 aliphatic carbocycles. The molecule has 4 rings (SSSR count). The molecule has 0 N–H and O–H groups in total. The van der Waals surface area contributed by atoms with Gasteiger partial charge in [0.1, 0.15) is 16.9 Å². The van der Waals surface area contributed by atoms with Crippen LogP contribution in [0.5, 0.6) is 5.75 Å². The van der Waals surface area contributed by atoms with E-state index < -0.39 is 0 Å². The van der Waals surface area contributed by atoms with E-state index in [1.165, 1.54) is 0 Å². The van der Waals surface area contributed by atoms with E-state index in [0.717, 1.165) is 22.8 Å². The van der Waals surface area contributed by atoms with Gasteiger partial charge >= 0.3 is 0 Å². The molecule has 3 heterocycles. The van der Waals surface area contributed by atoms with Crippen LogP contribution in [0.3, 0.4) is 0 Å². The van der Waals surface area contributed by atoms with Gasteiger partial charge in [-0.25, -0.2) is 0 Å². The van der Waals surface area contributed by atoms with Crippen molar-refractivity contribution in [2.24, 2.45) is 0 Å². The molecule has 6 heteroatoms. The standard InChI is InChI=1S/C20H20N2O3S/c1-2-24-18-8-4-3-7-17(18)21-10-9-15(12-21)20-22(19(23)14-26-20)13-16-6-5-11-25-16/h3-12,20H,2,13-14H2,1H3/t20-/m1/s1. The monoisotopic (exact) mass is 368 g/mol. The molecule has 0 radical (unpaired) electrons. The molecule has 0 spiro atoms. The van der Waals surface area contributed by atoms with Crippen molar-refractivity contribution in [3.8, 4) is 11.4 Å². The predicted molar refractivity (Wildman–Crippen MR) is 101 cm³/mol. The maximum atomic E-state index is 12.3. The first kappa shape index (κ1) is 16.8. The summed E-state index contributed by atoms with van der Waals surface area (Å²) in [6.45, 7) is 3.09. The number of benzene rings is 1. The minimum absolute atomic E-state index is 0.00638. The molecule has 2 aromatic heterocycles. The lowest BCUT2D eigenvalue weighted by atomic mass is 10.2. The van der Waals surface area contributed by atoms with Gasteiger partial charge in [0.05, 0.1) is 30.9 Å². The molecule has 1 saturated heterocycles. The molecule has 1 amide bonds. The number of hydrogen-bond acceptors (Lipinski definition) is 4. The number of ether oxygens (including phenoxy) is 1. The summed E-state index contributed by atoms with van der Waals surface area (Å²) in [5.41, 5.74) is 2.09. The minimum Gasteiger partial charge on any atom is -0.492 e. The number of furan rings is 1. The Morgan fingerprint density at radius 2 is 2.12 bits per heavy atom. The van der Waals surface area contributed by atoms with Crippen LogP contribution in [0.1, 0.15) is 23.6 Å². The van der Waals surface area contributed by atoms with Gasteiger partial charge in [0.15, 0.2) is 0 Å². The Morgan fingerprint density at radius 1 is 1.23 bits per heavy atom. The molecule has 0 bridgehead atoms. The molecule has 5 nitrogen and oxygen atoms in total. The Hall–Kier alpha value is -2.60. The zero-order valence-corrected chi connectivity index (χ0v) is 15.3. The van der Waals surface area contributed by atoms with E-state index in [1.54, 1.807) is 18.0 Å². The Morgan fingerprint density at radius 3 is 2.92 bits per heavy atom. The summed E-state index contributed by atoms with van der Waals surface area (Å²) < 4.78 is 13.2. The molecular weight excluding hydrogens is 348 g/mol. The topological polar surface area (TPSA) is 47.6 Å². The van der Waals surface area contributed by atoms with Gasteiger partial charge in [-0.05, 0) is 37.3 Å². The third-order valence-corrected chi connectivity index (χ3v) is 5.57. The van der Waals surface area contributed by atoms with Crippen LogP contribution in [-0.2, 0) is 11.3 Å². The summed E-state index contributed by atoms with van der Waals surface area (Å²) in [6.07, 6.45) is 5.73. The molecule has 1 atom stereocenters. The van der Waals surface area contributed by atoms with Crippen LogP contribution in [0.25, 0.3) is 5.69 Å². The summed E-state index contributed by atoms with van der Waals surface area (Å²) in [7, 11) is 0.